The standard InChI is InChI=1S/C17H14FN3O4/c1-25-14-8-10(18)6-7-13(14)19-15(22)9-21-16(23)11-4-2-3-5-12(11)20-17(21)24/h2-8H,9H2,1H3,(H,19,22)(H,20,24). The summed E-state index contributed by atoms with van der Waals surface area (Å²) in [5.74, 6) is -1.00. The number of nitrogens with zero attached hydrogens (tertiary/aromatic N) is 1. The maximum absolute atomic E-state index is 13.2. The second-order valence-corrected chi connectivity index (χ2v) is 5.26. The number of hydrogen-bond acceptors (Lipinski definition) is 4. The van der Waals surface area contributed by atoms with E-state index in [0.717, 1.165) is 16.7 Å². The Kier molecular flexibility index (Phi) is 4.34. The maximum atomic E-state index is 13.2. The molecule has 3 rings (SSSR count). The number of halogens is 1. The Morgan fingerprint density at radius 2 is 2.00 bits per heavy atom. The number of nitrogens with one attached hydrogen (secondary N) is 2. The van der Waals surface area contributed by atoms with E-state index in [1.165, 1.54) is 13.2 Å². The summed E-state index contributed by atoms with van der Waals surface area (Å²) in [6.07, 6.45) is 0. The van der Waals surface area contributed by atoms with Crippen molar-refractivity contribution in [1.82, 2.24) is 9.55 Å². The highest BCUT2D eigenvalue weighted by Gasteiger charge is 2.13. The van der Waals surface area contributed by atoms with Gasteiger partial charge in [0.05, 0.1) is 23.7 Å². The summed E-state index contributed by atoms with van der Waals surface area (Å²) in [7, 11) is 1.34. The highest BCUT2D eigenvalue weighted by atomic mass is 19.1. The number of carbonyl (C=O) groups is 1. The maximum Gasteiger partial charge on any atom is 0.329 e. The Balaban J connectivity index is 1.90. The van der Waals surface area contributed by atoms with Crippen molar-refractivity contribution in [3.8, 4) is 5.75 Å². The first-order chi connectivity index (χ1) is 12.0. The molecule has 0 unspecified atom stereocenters. The van der Waals surface area contributed by atoms with Gasteiger partial charge in [0.15, 0.2) is 0 Å². The number of hydrogen-bond donors (Lipinski definition) is 2. The van der Waals surface area contributed by atoms with Crippen LogP contribution in [0.25, 0.3) is 10.9 Å². The summed E-state index contributed by atoms with van der Waals surface area (Å²) in [5, 5.41) is 2.80. The molecule has 0 aliphatic heterocycles. The van der Waals surface area contributed by atoms with Crippen LogP contribution in [0.2, 0.25) is 0 Å². The van der Waals surface area contributed by atoms with E-state index in [0.29, 0.717) is 10.9 Å². The van der Waals surface area contributed by atoms with Crippen LogP contribution in [0.3, 0.4) is 0 Å². The van der Waals surface area contributed by atoms with Crippen LogP contribution in [0.15, 0.2) is 52.1 Å². The molecule has 1 amide bonds. The molecule has 1 heterocycles. The number of aromatic nitrogens is 2. The fourth-order valence-corrected chi connectivity index (χ4v) is 2.44. The number of aromatic amines is 1. The number of carbonyl (C=O) groups excluding carboxylic acids is 1. The molecule has 0 bridgehead atoms. The van der Waals surface area contributed by atoms with E-state index in [-0.39, 0.29) is 11.4 Å². The minimum atomic E-state index is -0.690. The van der Waals surface area contributed by atoms with Gasteiger partial charge in [-0.25, -0.2) is 9.18 Å². The molecule has 25 heavy (non-hydrogen) atoms. The first-order valence-corrected chi connectivity index (χ1v) is 7.35. The van der Waals surface area contributed by atoms with Gasteiger partial charge in [0.1, 0.15) is 18.1 Å². The molecule has 0 fully saturated rings. The lowest BCUT2D eigenvalue weighted by Gasteiger charge is -2.11. The number of amides is 1. The van der Waals surface area contributed by atoms with Gasteiger partial charge in [-0.3, -0.25) is 14.2 Å². The van der Waals surface area contributed by atoms with E-state index in [9.17, 15) is 18.8 Å². The molecule has 0 aliphatic carbocycles. The average molecular weight is 343 g/mol. The summed E-state index contributed by atoms with van der Waals surface area (Å²) >= 11 is 0. The van der Waals surface area contributed by atoms with Gasteiger partial charge >= 0.3 is 5.69 Å². The normalized spacial score (nSPS) is 10.6. The van der Waals surface area contributed by atoms with Crippen molar-refractivity contribution in [3.05, 3.63) is 69.1 Å². The van der Waals surface area contributed by atoms with Gasteiger partial charge in [0.25, 0.3) is 5.56 Å². The van der Waals surface area contributed by atoms with E-state index in [1.807, 2.05) is 0 Å². The molecule has 0 spiro atoms. The zero-order chi connectivity index (χ0) is 18.0. The topological polar surface area (TPSA) is 93.2 Å². The van der Waals surface area contributed by atoms with E-state index in [4.69, 9.17) is 4.74 Å². The predicted octanol–water partition coefficient (Wildman–Crippen LogP) is 1.48. The lowest BCUT2D eigenvalue weighted by Crippen LogP contribution is -2.38. The van der Waals surface area contributed by atoms with Crippen LogP contribution in [0, 0.1) is 5.82 Å². The SMILES string of the molecule is COc1cc(F)ccc1NC(=O)Cn1c(=O)[nH]c2ccccc2c1=O. The molecule has 0 radical (unpaired) electrons. The van der Waals surface area contributed by atoms with Crippen molar-refractivity contribution in [3.63, 3.8) is 0 Å². The first-order valence-electron chi connectivity index (χ1n) is 7.35. The Bertz CT molecular complexity index is 1070. The fourth-order valence-electron chi connectivity index (χ4n) is 2.44. The van der Waals surface area contributed by atoms with Crippen molar-refractivity contribution in [2.45, 2.75) is 6.54 Å². The number of fused-ring (bicyclic) bond motifs is 1. The van der Waals surface area contributed by atoms with E-state index in [1.54, 1.807) is 24.3 Å². The summed E-state index contributed by atoms with van der Waals surface area (Å²) in [4.78, 5) is 39.2. The van der Waals surface area contributed by atoms with Gasteiger partial charge in [-0.1, -0.05) is 12.1 Å². The third kappa shape index (κ3) is 3.27. The molecule has 0 atom stereocenters. The van der Waals surface area contributed by atoms with Gasteiger partial charge < -0.3 is 15.0 Å². The van der Waals surface area contributed by atoms with Gasteiger partial charge in [-0.05, 0) is 24.3 Å². The molecular formula is C17H14FN3O4. The monoisotopic (exact) mass is 343 g/mol. The van der Waals surface area contributed by atoms with Crippen LogP contribution in [0.4, 0.5) is 10.1 Å². The zero-order valence-electron chi connectivity index (χ0n) is 13.2. The van der Waals surface area contributed by atoms with Crippen molar-refractivity contribution in [2.24, 2.45) is 0 Å². The van der Waals surface area contributed by atoms with Crippen LogP contribution in [-0.2, 0) is 11.3 Å². The van der Waals surface area contributed by atoms with E-state index in [2.05, 4.69) is 10.3 Å². The highest BCUT2D eigenvalue weighted by molar-refractivity contribution is 5.92. The van der Waals surface area contributed by atoms with Gasteiger partial charge in [0, 0.05) is 6.07 Å². The molecule has 128 valence electrons. The number of methoxy groups -OCH3 is 1. The Labute approximate surface area is 140 Å². The zero-order valence-corrected chi connectivity index (χ0v) is 13.2. The third-order valence-corrected chi connectivity index (χ3v) is 3.63. The van der Waals surface area contributed by atoms with Crippen LogP contribution >= 0.6 is 0 Å². The molecule has 1 aromatic heterocycles. The van der Waals surface area contributed by atoms with Crippen LogP contribution in [-0.4, -0.2) is 22.6 Å². The molecule has 0 saturated carbocycles. The quantitative estimate of drug-likeness (QED) is 0.750. The number of rotatable bonds is 4. The van der Waals surface area contributed by atoms with Crippen LogP contribution < -0.4 is 21.3 Å². The third-order valence-electron chi connectivity index (χ3n) is 3.63. The molecule has 2 N–H and O–H groups in total. The van der Waals surface area contributed by atoms with E-state index < -0.39 is 29.5 Å². The molecule has 0 aliphatic rings. The molecule has 7 nitrogen and oxygen atoms in total. The van der Waals surface area contributed by atoms with Crippen molar-refractivity contribution < 1.29 is 13.9 Å². The predicted molar refractivity (Wildman–Crippen MR) is 90.4 cm³/mol. The lowest BCUT2D eigenvalue weighted by molar-refractivity contribution is -0.116. The molecule has 3 aromatic rings. The number of benzene rings is 2. The molecule has 0 saturated heterocycles. The highest BCUT2D eigenvalue weighted by Crippen LogP contribution is 2.24. The minimum Gasteiger partial charge on any atom is -0.494 e. The lowest BCUT2D eigenvalue weighted by atomic mass is 10.2. The minimum absolute atomic E-state index is 0.133. The Hall–Kier alpha value is -3.42. The van der Waals surface area contributed by atoms with Crippen LogP contribution in [0.5, 0.6) is 5.75 Å². The number of H-pyrrole nitrogens is 1. The van der Waals surface area contributed by atoms with Gasteiger partial charge in [0.2, 0.25) is 5.91 Å². The van der Waals surface area contributed by atoms with Crippen molar-refractivity contribution >= 4 is 22.5 Å². The number of para-hydroxylation sites is 1. The second-order valence-electron chi connectivity index (χ2n) is 5.26. The van der Waals surface area contributed by atoms with Crippen LogP contribution in [0.1, 0.15) is 0 Å². The average Bonchev–Trinajstić information content (AvgIpc) is 2.60. The molecule has 2 aromatic carbocycles. The van der Waals surface area contributed by atoms with Gasteiger partial charge in [-0.15, -0.1) is 0 Å². The van der Waals surface area contributed by atoms with E-state index >= 15 is 0 Å². The first kappa shape index (κ1) is 16.4. The second kappa shape index (κ2) is 6.60. The Morgan fingerprint density at radius 1 is 1.24 bits per heavy atom. The van der Waals surface area contributed by atoms with Crippen molar-refractivity contribution in [1.29, 1.82) is 0 Å². The summed E-state index contributed by atoms with van der Waals surface area (Å²) in [6.45, 7) is -0.487. The smallest absolute Gasteiger partial charge is 0.329 e. The number of ether oxygens (including phenoxy) is 1. The summed E-state index contributed by atoms with van der Waals surface area (Å²) in [5.41, 5.74) is -0.626. The molecule has 8 heteroatoms. The largest absolute Gasteiger partial charge is 0.494 e. The van der Waals surface area contributed by atoms with Gasteiger partial charge in [-0.2, -0.15) is 0 Å². The fraction of sp³-hybridized carbons (Fsp3) is 0.118. The summed E-state index contributed by atoms with van der Waals surface area (Å²) in [6, 6.07) is 10.1. The summed E-state index contributed by atoms with van der Waals surface area (Å²) < 4.78 is 19.0. The molecular weight excluding hydrogens is 329 g/mol. The van der Waals surface area contributed by atoms with Crippen molar-refractivity contribution in [2.75, 3.05) is 12.4 Å². The Morgan fingerprint density at radius 3 is 2.76 bits per heavy atom. The number of anilines is 1.